The molecule has 0 fully saturated rings. The van der Waals surface area contributed by atoms with Crippen LogP contribution in [0.1, 0.15) is 17.4 Å². The summed E-state index contributed by atoms with van der Waals surface area (Å²) in [5.74, 6) is 0. The first-order valence-corrected chi connectivity index (χ1v) is 4.08. The molecule has 2 aromatic heterocycles. The number of aryl methyl sites for hydroxylation is 1. The zero-order chi connectivity index (χ0) is 9.97. The van der Waals surface area contributed by atoms with Crippen molar-refractivity contribution < 1.29 is 5.11 Å². The van der Waals surface area contributed by atoms with Crippen LogP contribution in [0.4, 0.5) is 0 Å². The summed E-state index contributed by atoms with van der Waals surface area (Å²) in [5.41, 5.74) is 1.29. The summed E-state index contributed by atoms with van der Waals surface area (Å²) in [4.78, 5) is 0. The van der Waals surface area contributed by atoms with Crippen molar-refractivity contribution in [3.63, 3.8) is 0 Å². The summed E-state index contributed by atoms with van der Waals surface area (Å²) >= 11 is 0. The molecule has 0 aliphatic heterocycles. The average molecular weight is 191 g/mol. The standard InChI is InChI=1S/C8H9N5O/c1-13-7(5-11-12-13)8(14)6-2-3-9-10-4-6/h2-5,8,14H,1H3. The quantitative estimate of drug-likeness (QED) is 0.704. The van der Waals surface area contributed by atoms with Gasteiger partial charge in [0, 0.05) is 18.8 Å². The topological polar surface area (TPSA) is 76.7 Å². The highest BCUT2D eigenvalue weighted by molar-refractivity contribution is 5.19. The van der Waals surface area contributed by atoms with Gasteiger partial charge in [0.15, 0.2) is 0 Å². The van der Waals surface area contributed by atoms with E-state index in [9.17, 15) is 5.11 Å². The molecule has 0 aliphatic rings. The van der Waals surface area contributed by atoms with Gasteiger partial charge in [0.25, 0.3) is 0 Å². The highest BCUT2D eigenvalue weighted by atomic mass is 16.3. The number of rotatable bonds is 2. The lowest BCUT2D eigenvalue weighted by Crippen LogP contribution is -2.06. The Morgan fingerprint density at radius 2 is 2.14 bits per heavy atom. The second-order valence-electron chi connectivity index (χ2n) is 2.86. The van der Waals surface area contributed by atoms with Gasteiger partial charge in [-0.3, -0.25) is 0 Å². The zero-order valence-corrected chi connectivity index (χ0v) is 7.57. The van der Waals surface area contributed by atoms with Crippen molar-refractivity contribution >= 4 is 0 Å². The molecule has 0 spiro atoms. The van der Waals surface area contributed by atoms with Gasteiger partial charge >= 0.3 is 0 Å². The lowest BCUT2D eigenvalue weighted by molar-refractivity contribution is 0.209. The predicted molar refractivity (Wildman–Crippen MR) is 47.1 cm³/mol. The van der Waals surface area contributed by atoms with Gasteiger partial charge < -0.3 is 5.11 Å². The van der Waals surface area contributed by atoms with Gasteiger partial charge in [-0.2, -0.15) is 10.2 Å². The van der Waals surface area contributed by atoms with Crippen LogP contribution in [-0.2, 0) is 7.05 Å². The van der Waals surface area contributed by atoms with Crippen molar-refractivity contribution in [2.75, 3.05) is 0 Å². The largest absolute Gasteiger partial charge is 0.382 e. The first kappa shape index (κ1) is 8.76. The minimum Gasteiger partial charge on any atom is -0.382 e. The Labute approximate surface area is 80.2 Å². The van der Waals surface area contributed by atoms with E-state index in [1.807, 2.05) is 0 Å². The SMILES string of the molecule is Cn1nncc1C(O)c1ccnnc1. The van der Waals surface area contributed by atoms with Gasteiger partial charge in [0.1, 0.15) is 6.10 Å². The van der Waals surface area contributed by atoms with Crippen molar-refractivity contribution in [1.82, 2.24) is 25.2 Å². The molecular weight excluding hydrogens is 182 g/mol. The van der Waals surface area contributed by atoms with Crippen molar-refractivity contribution in [1.29, 1.82) is 0 Å². The Kier molecular flexibility index (Phi) is 2.19. The van der Waals surface area contributed by atoms with Crippen LogP contribution in [-0.4, -0.2) is 30.3 Å². The van der Waals surface area contributed by atoms with Crippen LogP contribution in [0.2, 0.25) is 0 Å². The summed E-state index contributed by atoms with van der Waals surface area (Å²) in [6.45, 7) is 0. The maximum atomic E-state index is 9.89. The number of aromatic nitrogens is 5. The molecule has 1 atom stereocenters. The van der Waals surface area contributed by atoms with Gasteiger partial charge in [-0.25, -0.2) is 4.68 Å². The van der Waals surface area contributed by atoms with Crippen LogP contribution < -0.4 is 0 Å². The van der Waals surface area contributed by atoms with Crippen molar-refractivity contribution in [3.05, 3.63) is 35.9 Å². The van der Waals surface area contributed by atoms with E-state index >= 15 is 0 Å². The maximum Gasteiger partial charge on any atom is 0.124 e. The lowest BCUT2D eigenvalue weighted by Gasteiger charge is -2.08. The maximum absolute atomic E-state index is 9.89. The fourth-order valence-corrected chi connectivity index (χ4v) is 1.18. The van der Waals surface area contributed by atoms with Gasteiger partial charge in [-0.1, -0.05) is 5.21 Å². The molecule has 72 valence electrons. The van der Waals surface area contributed by atoms with Gasteiger partial charge in [-0.05, 0) is 6.07 Å². The molecule has 2 aromatic rings. The molecule has 0 amide bonds. The van der Waals surface area contributed by atoms with Crippen molar-refractivity contribution in [2.24, 2.45) is 7.05 Å². The normalized spacial score (nSPS) is 12.7. The van der Waals surface area contributed by atoms with Crippen molar-refractivity contribution in [2.45, 2.75) is 6.10 Å². The predicted octanol–water partition coefficient (Wildman–Crippen LogP) is -0.313. The third-order valence-electron chi connectivity index (χ3n) is 1.95. The number of nitrogens with zero attached hydrogens (tertiary/aromatic N) is 5. The highest BCUT2D eigenvalue weighted by Crippen LogP contribution is 2.18. The molecule has 0 aliphatic carbocycles. The molecule has 0 aromatic carbocycles. The minimum atomic E-state index is -0.759. The Morgan fingerprint density at radius 3 is 2.71 bits per heavy atom. The molecule has 0 radical (unpaired) electrons. The zero-order valence-electron chi connectivity index (χ0n) is 7.57. The number of aliphatic hydroxyl groups excluding tert-OH is 1. The molecule has 2 rings (SSSR count). The van der Waals surface area contributed by atoms with Crippen molar-refractivity contribution in [3.8, 4) is 0 Å². The number of hydrogen-bond donors (Lipinski definition) is 1. The van der Waals surface area contributed by atoms with E-state index in [4.69, 9.17) is 0 Å². The first-order chi connectivity index (χ1) is 6.79. The molecule has 0 bridgehead atoms. The Balaban J connectivity index is 2.34. The summed E-state index contributed by atoms with van der Waals surface area (Å²) in [6.07, 6.45) is 3.80. The molecular formula is C8H9N5O. The third-order valence-corrected chi connectivity index (χ3v) is 1.95. The van der Waals surface area contributed by atoms with E-state index in [0.717, 1.165) is 0 Å². The fourth-order valence-electron chi connectivity index (χ4n) is 1.18. The first-order valence-electron chi connectivity index (χ1n) is 4.08. The van der Waals surface area contributed by atoms with E-state index in [0.29, 0.717) is 11.3 Å². The molecule has 2 heterocycles. The molecule has 1 N–H and O–H groups in total. The van der Waals surface area contributed by atoms with Gasteiger partial charge in [0.2, 0.25) is 0 Å². The molecule has 0 saturated heterocycles. The number of hydrogen-bond acceptors (Lipinski definition) is 5. The van der Waals surface area contributed by atoms with E-state index in [2.05, 4.69) is 20.5 Å². The van der Waals surface area contributed by atoms with Crippen LogP contribution in [0.3, 0.4) is 0 Å². The highest BCUT2D eigenvalue weighted by Gasteiger charge is 2.14. The smallest absolute Gasteiger partial charge is 0.124 e. The minimum absolute atomic E-state index is 0.623. The molecule has 1 unspecified atom stereocenters. The van der Waals surface area contributed by atoms with E-state index < -0.39 is 6.10 Å². The third kappa shape index (κ3) is 1.47. The molecule has 6 nitrogen and oxygen atoms in total. The van der Waals surface area contributed by atoms with Gasteiger partial charge in [0.05, 0.1) is 18.1 Å². The summed E-state index contributed by atoms with van der Waals surface area (Å²) in [5, 5.41) is 24.6. The number of aliphatic hydroxyl groups is 1. The van der Waals surface area contributed by atoms with Crippen LogP contribution in [0.15, 0.2) is 24.7 Å². The monoisotopic (exact) mass is 191 g/mol. The van der Waals surface area contributed by atoms with Crippen LogP contribution in [0.5, 0.6) is 0 Å². The molecule has 0 saturated carbocycles. The van der Waals surface area contributed by atoms with Crippen LogP contribution in [0.25, 0.3) is 0 Å². The summed E-state index contributed by atoms with van der Waals surface area (Å²) in [7, 11) is 1.72. The Morgan fingerprint density at radius 1 is 1.29 bits per heavy atom. The second-order valence-corrected chi connectivity index (χ2v) is 2.86. The van der Waals surface area contributed by atoms with Crippen LogP contribution in [0, 0.1) is 0 Å². The van der Waals surface area contributed by atoms with E-state index in [1.165, 1.54) is 23.3 Å². The summed E-state index contributed by atoms with van der Waals surface area (Å²) < 4.78 is 1.52. The average Bonchev–Trinajstić information content (AvgIpc) is 2.65. The lowest BCUT2D eigenvalue weighted by atomic mass is 10.1. The van der Waals surface area contributed by atoms with E-state index in [1.54, 1.807) is 13.1 Å². The van der Waals surface area contributed by atoms with Gasteiger partial charge in [-0.15, -0.1) is 5.10 Å². The van der Waals surface area contributed by atoms with E-state index in [-0.39, 0.29) is 0 Å². The second kappa shape index (κ2) is 3.51. The Bertz CT molecular complexity index is 413. The summed E-state index contributed by atoms with van der Waals surface area (Å²) in [6, 6.07) is 1.70. The molecule has 6 heteroatoms. The molecule has 14 heavy (non-hydrogen) atoms. The van der Waals surface area contributed by atoms with Crippen LogP contribution >= 0.6 is 0 Å². The fraction of sp³-hybridized carbons (Fsp3) is 0.250. The Hall–Kier alpha value is -1.82.